The number of hydrogen-bond donors (Lipinski definition) is 2. The Morgan fingerprint density at radius 1 is 0.960 bits per heavy atom. The number of carbonyl (C=O) groups excluding carboxylic acids is 2. The summed E-state index contributed by atoms with van der Waals surface area (Å²) in [5, 5.41) is 5.45. The lowest BCUT2D eigenvalue weighted by molar-refractivity contribution is -0.119. The van der Waals surface area contributed by atoms with E-state index >= 15 is 0 Å². The molecule has 2 N–H and O–H groups in total. The zero-order valence-electron chi connectivity index (χ0n) is 15.0. The van der Waals surface area contributed by atoms with E-state index in [1.807, 2.05) is 42.5 Å². The summed E-state index contributed by atoms with van der Waals surface area (Å²) in [6, 6.07) is 18.3. The Labute approximate surface area is 149 Å². The molecule has 0 aromatic heterocycles. The minimum absolute atomic E-state index is 0.120. The van der Waals surface area contributed by atoms with E-state index in [4.69, 9.17) is 0 Å². The number of hydrogen-bond acceptors (Lipinski definition) is 3. The number of nitrogens with zero attached hydrogens (tertiary/aromatic N) is 1. The first-order valence-electron chi connectivity index (χ1n) is 8.46. The van der Waals surface area contributed by atoms with Crippen molar-refractivity contribution in [3.8, 4) is 0 Å². The molecule has 0 aliphatic rings. The summed E-state index contributed by atoms with van der Waals surface area (Å²) >= 11 is 0. The Balaban J connectivity index is 2.03. The van der Waals surface area contributed by atoms with Crippen molar-refractivity contribution < 1.29 is 9.59 Å². The SMILES string of the molecule is CC(=O)NCCC(=O)Nc1ccc(N(c2ccccc2)C(C)C)cc1. The predicted octanol–water partition coefficient (Wildman–Crippen LogP) is 3.70. The van der Waals surface area contributed by atoms with Crippen molar-refractivity contribution in [3.63, 3.8) is 0 Å². The molecule has 5 nitrogen and oxygen atoms in total. The van der Waals surface area contributed by atoms with E-state index < -0.39 is 0 Å². The van der Waals surface area contributed by atoms with E-state index in [1.54, 1.807) is 0 Å². The molecule has 0 aliphatic carbocycles. The third kappa shape index (κ3) is 5.64. The van der Waals surface area contributed by atoms with Gasteiger partial charge in [-0.2, -0.15) is 0 Å². The van der Waals surface area contributed by atoms with Crippen molar-refractivity contribution >= 4 is 28.9 Å². The fourth-order valence-corrected chi connectivity index (χ4v) is 2.61. The first-order chi connectivity index (χ1) is 12.0. The van der Waals surface area contributed by atoms with Gasteiger partial charge in [0.2, 0.25) is 11.8 Å². The minimum atomic E-state index is -0.133. The lowest BCUT2D eigenvalue weighted by Crippen LogP contribution is -2.26. The average Bonchev–Trinajstić information content (AvgIpc) is 2.57. The zero-order valence-corrected chi connectivity index (χ0v) is 15.0. The van der Waals surface area contributed by atoms with Gasteiger partial charge in [-0.3, -0.25) is 9.59 Å². The van der Waals surface area contributed by atoms with Crippen molar-refractivity contribution in [3.05, 3.63) is 54.6 Å². The number of benzene rings is 2. The van der Waals surface area contributed by atoms with Crippen molar-refractivity contribution in [2.45, 2.75) is 33.2 Å². The van der Waals surface area contributed by atoms with Crippen LogP contribution in [0.3, 0.4) is 0 Å². The Morgan fingerprint density at radius 2 is 1.56 bits per heavy atom. The van der Waals surface area contributed by atoms with Gasteiger partial charge in [0.25, 0.3) is 0 Å². The van der Waals surface area contributed by atoms with Gasteiger partial charge in [-0.1, -0.05) is 18.2 Å². The van der Waals surface area contributed by atoms with E-state index in [-0.39, 0.29) is 18.2 Å². The summed E-state index contributed by atoms with van der Waals surface area (Å²) in [7, 11) is 0. The Bertz CT molecular complexity index is 697. The highest BCUT2D eigenvalue weighted by Gasteiger charge is 2.13. The lowest BCUT2D eigenvalue weighted by atomic mass is 10.2. The largest absolute Gasteiger partial charge is 0.356 e. The number of amides is 2. The van der Waals surface area contributed by atoms with Crippen LogP contribution in [0, 0.1) is 0 Å². The van der Waals surface area contributed by atoms with Crippen LogP contribution in [0.1, 0.15) is 27.2 Å². The predicted molar refractivity (Wildman–Crippen MR) is 102 cm³/mol. The Morgan fingerprint density at radius 3 is 2.12 bits per heavy atom. The third-order valence-corrected chi connectivity index (χ3v) is 3.71. The van der Waals surface area contributed by atoms with Gasteiger partial charge in [-0.05, 0) is 50.2 Å². The highest BCUT2D eigenvalue weighted by Crippen LogP contribution is 2.28. The van der Waals surface area contributed by atoms with E-state index in [2.05, 4.69) is 41.5 Å². The van der Waals surface area contributed by atoms with Crippen LogP contribution in [0.4, 0.5) is 17.1 Å². The maximum absolute atomic E-state index is 11.9. The van der Waals surface area contributed by atoms with Gasteiger partial charge >= 0.3 is 0 Å². The van der Waals surface area contributed by atoms with Crippen LogP contribution in [-0.4, -0.2) is 24.4 Å². The summed E-state index contributed by atoms with van der Waals surface area (Å²) in [6.07, 6.45) is 0.253. The fourth-order valence-electron chi connectivity index (χ4n) is 2.61. The monoisotopic (exact) mass is 339 g/mol. The molecule has 132 valence electrons. The number of para-hydroxylation sites is 1. The summed E-state index contributed by atoms with van der Waals surface area (Å²) in [5.74, 6) is -0.253. The van der Waals surface area contributed by atoms with E-state index in [0.717, 1.165) is 17.1 Å². The van der Waals surface area contributed by atoms with Crippen molar-refractivity contribution in [1.29, 1.82) is 0 Å². The second-order valence-corrected chi connectivity index (χ2v) is 6.13. The first kappa shape index (κ1) is 18.5. The van der Waals surface area contributed by atoms with Crippen LogP contribution >= 0.6 is 0 Å². The average molecular weight is 339 g/mol. The molecule has 2 amide bonds. The van der Waals surface area contributed by atoms with Gasteiger partial charge in [-0.25, -0.2) is 0 Å². The molecule has 2 aromatic rings. The van der Waals surface area contributed by atoms with E-state index in [0.29, 0.717) is 12.6 Å². The molecule has 2 rings (SSSR count). The Kier molecular flexibility index (Phi) is 6.57. The zero-order chi connectivity index (χ0) is 18.2. The van der Waals surface area contributed by atoms with Crippen molar-refractivity contribution in [1.82, 2.24) is 5.32 Å². The minimum Gasteiger partial charge on any atom is -0.356 e. The van der Waals surface area contributed by atoms with Crippen molar-refractivity contribution in [2.75, 3.05) is 16.8 Å². The quantitative estimate of drug-likeness (QED) is 0.808. The molecule has 0 unspecified atom stereocenters. The molecule has 0 saturated carbocycles. The number of anilines is 3. The molecular formula is C20H25N3O2. The number of nitrogens with one attached hydrogen (secondary N) is 2. The van der Waals surface area contributed by atoms with Gasteiger partial charge < -0.3 is 15.5 Å². The summed E-state index contributed by atoms with van der Waals surface area (Å²) < 4.78 is 0. The third-order valence-electron chi connectivity index (χ3n) is 3.71. The molecule has 0 atom stereocenters. The molecular weight excluding hydrogens is 314 g/mol. The van der Waals surface area contributed by atoms with Crippen LogP contribution in [0.5, 0.6) is 0 Å². The second-order valence-electron chi connectivity index (χ2n) is 6.13. The van der Waals surface area contributed by atoms with Gasteiger partial charge in [0.15, 0.2) is 0 Å². The molecule has 0 heterocycles. The van der Waals surface area contributed by atoms with Crippen LogP contribution in [0.2, 0.25) is 0 Å². The fraction of sp³-hybridized carbons (Fsp3) is 0.300. The highest BCUT2D eigenvalue weighted by molar-refractivity contribution is 5.91. The molecule has 0 saturated heterocycles. The summed E-state index contributed by atoms with van der Waals surface area (Å²) in [5.41, 5.74) is 2.94. The summed E-state index contributed by atoms with van der Waals surface area (Å²) in [6.45, 7) is 6.06. The second kappa shape index (κ2) is 8.87. The standard InChI is InChI=1S/C20H25N3O2/c1-15(2)23(18-7-5-4-6-8-18)19-11-9-17(10-12-19)22-20(25)13-14-21-16(3)24/h4-12,15H,13-14H2,1-3H3,(H,21,24)(H,22,25). The molecule has 0 bridgehead atoms. The first-order valence-corrected chi connectivity index (χ1v) is 8.46. The van der Waals surface area contributed by atoms with Crippen LogP contribution < -0.4 is 15.5 Å². The maximum atomic E-state index is 11.9. The van der Waals surface area contributed by atoms with Gasteiger partial charge in [0.1, 0.15) is 0 Å². The topological polar surface area (TPSA) is 61.4 Å². The van der Waals surface area contributed by atoms with E-state index in [9.17, 15) is 9.59 Å². The molecule has 0 fully saturated rings. The smallest absolute Gasteiger partial charge is 0.226 e. The molecule has 2 aromatic carbocycles. The maximum Gasteiger partial charge on any atom is 0.226 e. The molecule has 0 radical (unpaired) electrons. The Hall–Kier alpha value is -2.82. The summed E-state index contributed by atoms with van der Waals surface area (Å²) in [4.78, 5) is 24.9. The molecule has 0 spiro atoms. The van der Waals surface area contributed by atoms with Gasteiger partial charge in [-0.15, -0.1) is 0 Å². The molecule has 0 aliphatic heterocycles. The highest BCUT2D eigenvalue weighted by atomic mass is 16.2. The van der Waals surface area contributed by atoms with Crippen LogP contribution in [-0.2, 0) is 9.59 Å². The molecule has 5 heteroatoms. The van der Waals surface area contributed by atoms with Gasteiger partial charge in [0, 0.05) is 43.0 Å². The number of rotatable bonds is 7. The lowest BCUT2D eigenvalue weighted by Gasteiger charge is -2.29. The normalized spacial score (nSPS) is 10.4. The van der Waals surface area contributed by atoms with E-state index in [1.165, 1.54) is 6.92 Å². The van der Waals surface area contributed by atoms with Crippen LogP contribution in [0.25, 0.3) is 0 Å². The van der Waals surface area contributed by atoms with Crippen LogP contribution in [0.15, 0.2) is 54.6 Å². The number of carbonyl (C=O) groups is 2. The van der Waals surface area contributed by atoms with Crippen molar-refractivity contribution in [2.24, 2.45) is 0 Å². The molecule has 25 heavy (non-hydrogen) atoms. The van der Waals surface area contributed by atoms with Gasteiger partial charge in [0.05, 0.1) is 0 Å².